The molecule has 0 fully saturated rings. The highest BCUT2D eigenvalue weighted by Gasteiger charge is 2.28. The molecule has 1 atom stereocenters. The van der Waals surface area contributed by atoms with Crippen LogP contribution in [0.25, 0.3) is 11.1 Å². The van der Waals surface area contributed by atoms with E-state index in [1.165, 1.54) is 11.3 Å². The van der Waals surface area contributed by atoms with Gasteiger partial charge in [-0.15, -0.1) is 11.3 Å². The molecule has 4 N–H and O–H groups in total. The second-order valence-corrected chi connectivity index (χ2v) is 9.33. The molecule has 0 bridgehead atoms. The van der Waals surface area contributed by atoms with Gasteiger partial charge < -0.3 is 21.1 Å². The molecule has 0 radical (unpaired) electrons. The van der Waals surface area contributed by atoms with Crippen molar-refractivity contribution in [1.29, 1.82) is 0 Å². The molecule has 0 spiro atoms. The lowest BCUT2D eigenvalue weighted by Gasteiger charge is -2.21. The zero-order valence-electron chi connectivity index (χ0n) is 19.7. The number of nitrogens with two attached hydrogens (primary N) is 1. The Bertz CT molecular complexity index is 1170. The van der Waals surface area contributed by atoms with E-state index in [0.29, 0.717) is 28.5 Å². The standard InChI is InChI=1S/C26H29N3O4S/c1-5-33-19-13-11-18(12-14-19)24(31)28-22(15(2)3)25(32)29-26-21(23(27)30)20(16(4)34-26)17-9-7-6-8-10-17/h6-15,22H,5H2,1-4H3,(H2,27,30)(H,28,31)(H,29,32). The molecule has 0 aliphatic heterocycles. The highest BCUT2D eigenvalue weighted by Crippen LogP contribution is 2.39. The van der Waals surface area contributed by atoms with E-state index in [2.05, 4.69) is 10.6 Å². The van der Waals surface area contributed by atoms with Crippen LogP contribution in [0.5, 0.6) is 5.75 Å². The number of aryl methyl sites for hydroxylation is 1. The van der Waals surface area contributed by atoms with E-state index in [9.17, 15) is 14.4 Å². The van der Waals surface area contributed by atoms with E-state index in [4.69, 9.17) is 10.5 Å². The summed E-state index contributed by atoms with van der Waals surface area (Å²) < 4.78 is 5.41. The highest BCUT2D eigenvalue weighted by molar-refractivity contribution is 7.17. The molecule has 8 heteroatoms. The van der Waals surface area contributed by atoms with Gasteiger partial charge in [-0.05, 0) is 49.6 Å². The fraction of sp³-hybridized carbons (Fsp3) is 0.269. The predicted octanol–water partition coefficient (Wildman–Crippen LogP) is 4.61. The number of nitrogens with one attached hydrogen (secondary N) is 2. The molecule has 1 aromatic heterocycles. The quantitative estimate of drug-likeness (QED) is 0.416. The molecule has 34 heavy (non-hydrogen) atoms. The average molecular weight is 480 g/mol. The van der Waals surface area contributed by atoms with Crippen molar-refractivity contribution in [3.63, 3.8) is 0 Å². The van der Waals surface area contributed by atoms with Gasteiger partial charge in [-0.3, -0.25) is 14.4 Å². The Hall–Kier alpha value is -3.65. The summed E-state index contributed by atoms with van der Waals surface area (Å²) in [5.41, 5.74) is 7.93. The second kappa shape index (κ2) is 11.0. The zero-order valence-corrected chi connectivity index (χ0v) is 20.5. The molecule has 1 unspecified atom stereocenters. The third kappa shape index (κ3) is 5.63. The summed E-state index contributed by atoms with van der Waals surface area (Å²) in [7, 11) is 0. The van der Waals surface area contributed by atoms with E-state index in [1.807, 2.05) is 58.0 Å². The van der Waals surface area contributed by atoms with Gasteiger partial charge in [0.25, 0.3) is 11.8 Å². The van der Waals surface area contributed by atoms with Crippen molar-refractivity contribution < 1.29 is 19.1 Å². The molecule has 0 aliphatic rings. The number of thiophene rings is 1. The SMILES string of the molecule is CCOc1ccc(C(=O)NC(C(=O)Nc2sc(C)c(-c3ccccc3)c2C(N)=O)C(C)C)cc1. The Morgan fingerprint density at radius 2 is 1.68 bits per heavy atom. The van der Waals surface area contributed by atoms with Crippen LogP contribution < -0.4 is 21.1 Å². The molecule has 3 amide bonds. The van der Waals surface area contributed by atoms with Crippen LogP contribution in [0.3, 0.4) is 0 Å². The lowest BCUT2D eigenvalue weighted by atomic mass is 10.0. The van der Waals surface area contributed by atoms with Crippen molar-refractivity contribution in [2.75, 3.05) is 11.9 Å². The first-order valence-electron chi connectivity index (χ1n) is 11.1. The van der Waals surface area contributed by atoms with Crippen LogP contribution >= 0.6 is 11.3 Å². The van der Waals surface area contributed by atoms with Gasteiger partial charge >= 0.3 is 0 Å². The maximum Gasteiger partial charge on any atom is 0.252 e. The van der Waals surface area contributed by atoms with Crippen LogP contribution in [0.1, 0.15) is 46.4 Å². The van der Waals surface area contributed by atoms with Crippen LogP contribution in [-0.2, 0) is 4.79 Å². The fourth-order valence-corrected chi connectivity index (χ4v) is 4.72. The Balaban J connectivity index is 1.83. The van der Waals surface area contributed by atoms with Gasteiger partial charge in [-0.2, -0.15) is 0 Å². The molecule has 0 aliphatic carbocycles. The topological polar surface area (TPSA) is 111 Å². The largest absolute Gasteiger partial charge is 0.494 e. The number of rotatable bonds is 9. The summed E-state index contributed by atoms with van der Waals surface area (Å²) in [6.45, 7) is 7.97. The van der Waals surface area contributed by atoms with E-state index in [0.717, 1.165) is 10.4 Å². The van der Waals surface area contributed by atoms with Crippen molar-refractivity contribution in [3.8, 4) is 16.9 Å². The monoisotopic (exact) mass is 479 g/mol. The summed E-state index contributed by atoms with van der Waals surface area (Å²) in [5.74, 6) is -0.952. The van der Waals surface area contributed by atoms with Crippen LogP contribution in [-0.4, -0.2) is 30.4 Å². The Morgan fingerprint density at radius 3 is 2.24 bits per heavy atom. The summed E-state index contributed by atoms with van der Waals surface area (Å²) in [6.07, 6.45) is 0. The summed E-state index contributed by atoms with van der Waals surface area (Å²) in [6, 6.07) is 15.3. The third-order valence-electron chi connectivity index (χ3n) is 5.29. The number of carbonyl (C=O) groups is 3. The highest BCUT2D eigenvalue weighted by atomic mass is 32.1. The molecule has 0 saturated heterocycles. The van der Waals surface area contributed by atoms with Crippen molar-refractivity contribution in [2.24, 2.45) is 11.7 Å². The maximum absolute atomic E-state index is 13.2. The van der Waals surface area contributed by atoms with Gasteiger partial charge in [-0.25, -0.2) is 0 Å². The van der Waals surface area contributed by atoms with Gasteiger partial charge in [0.05, 0.1) is 12.2 Å². The van der Waals surface area contributed by atoms with Gasteiger partial charge in [-0.1, -0.05) is 44.2 Å². The van der Waals surface area contributed by atoms with Crippen LogP contribution in [0.2, 0.25) is 0 Å². The number of primary amides is 1. The number of hydrogen-bond donors (Lipinski definition) is 3. The lowest BCUT2D eigenvalue weighted by molar-refractivity contribution is -0.118. The molecule has 3 aromatic rings. The van der Waals surface area contributed by atoms with E-state index >= 15 is 0 Å². The number of amides is 3. The number of hydrogen-bond acceptors (Lipinski definition) is 5. The molecule has 3 rings (SSSR count). The average Bonchev–Trinajstić information content (AvgIpc) is 3.14. The molecular weight excluding hydrogens is 450 g/mol. The van der Waals surface area contributed by atoms with Gasteiger partial charge in [0.15, 0.2) is 0 Å². The maximum atomic E-state index is 13.2. The van der Waals surface area contributed by atoms with Crippen LogP contribution in [0, 0.1) is 12.8 Å². The molecule has 0 saturated carbocycles. The third-order valence-corrected chi connectivity index (χ3v) is 6.31. The van der Waals surface area contributed by atoms with E-state index in [-0.39, 0.29) is 17.4 Å². The normalized spacial score (nSPS) is 11.7. The molecule has 2 aromatic carbocycles. The second-order valence-electron chi connectivity index (χ2n) is 8.11. The Labute approximate surface area is 203 Å². The lowest BCUT2D eigenvalue weighted by Crippen LogP contribution is -2.47. The first-order valence-corrected chi connectivity index (χ1v) is 11.9. The summed E-state index contributed by atoms with van der Waals surface area (Å²) in [5, 5.41) is 6.00. The minimum absolute atomic E-state index is 0.196. The van der Waals surface area contributed by atoms with Crippen molar-refractivity contribution >= 4 is 34.1 Å². The number of carbonyl (C=O) groups excluding carboxylic acids is 3. The van der Waals surface area contributed by atoms with Gasteiger partial charge in [0, 0.05) is 16.0 Å². The summed E-state index contributed by atoms with van der Waals surface area (Å²) >= 11 is 1.28. The van der Waals surface area contributed by atoms with E-state index in [1.54, 1.807) is 24.3 Å². The summed E-state index contributed by atoms with van der Waals surface area (Å²) in [4.78, 5) is 39.2. The van der Waals surface area contributed by atoms with Crippen molar-refractivity contribution in [2.45, 2.75) is 33.7 Å². The van der Waals surface area contributed by atoms with Crippen molar-refractivity contribution in [3.05, 3.63) is 70.6 Å². The molecule has 1 heterocycles. The minimum Gasteiger partial charge on any atom is -0.494 e. The fourth-order valence-electron chi connectivity index (χ4n) is 3.64. The zero-order chi connectivity index (χ0) is 24.8. The van der Waals surface area contributed by atoms with Crippen LogP contribution in [0.4, 0.5) is 5.00 Å². The number of benzene rings is 2. The van der Waals surface area contributed by atoms with E-state index < -0.39 is 17.9 Å². The smallest absolute Gasteiger partial charge is 0.252 e. The van der Waals surface area contributed by atoms with Crippen LogP contribution in [0.15, 0.2) is 54.6 Å². The molecule has 7 nitrogen and oxygen atoms in total. The Morgan fingerprint density at radius 1 is 1.03 bits per heavy atom. The molecular formula is C26H29N3O4S. The first-order chi connectivity index (χ1) is 16.2. The minimum atomic E-state index is -0.817. The van der Waals surface area contributed by atoms with Crippen molar-refractivity contribution in [1.82, 2.24) is 5.32 Å². The Kier molecular flexibility index (Phi) is 8.07. The molecule has 178 valence electrons. The number of ether oxygens (including phenoxy) is 1. The first kappa shape index (κ1) is 25.0. The van der Waals surface area contributed by atoms with Gasteiger partial charge in [0.1, 0.15) is 16.8 Å². The van der Waals surface area contributed by atoms with Gasteiger partial charge in [0.2, 0.25) is 5.91 Å². The predicted molar refractivity (Wildman–Crippen MR) is 135 cm³/mol. The number of anilines is 1.